The molecule has 0 unspecified atom stereocenters. The molecule has 0 atom stereocenters. The summed E-state index contributed by atoms with van der Waals surface area (Å²) in [5.74, 6) is 0. The highest BCUT2D eigenvalue weighted by Crippen LogP contribution is 2.28. The number of nitro benzene ring substituents is 1. The summed E-state index contributed by atoms with van der Waals surface area (Å²) in [5, 5.41) is 22.3. The monoisotopic (exact) mass is 317 g/mol. The van der Waals surface area contributed by atoms with Crippen LogP contribution in [0.3, 0.4) is 0 Å². The third kappa shape index (κ3) is 3.90. The number of benzene rings is 1. The molecule has 0 spiro atoms. The van der Waals surface area contributed by atoms with E-state index >= 15 is 0 Å². The van der Waals surface area contributed by atoms with Gasteiger partial charge in [0.15, 0.2) is 0 Å². The second-order valence-electron chi connectivity index (χ2n) is 4.26. The number of rotatable bonds is 8. The number of nitrogens with one attached hydrogen (secondary N) is 1. The van der Waals surface area contributed by atoms with Crippen molar-refractivity contribution in [2.75, 3.05) is 32.1 Å². The number of nitro groups is 1. The lowest BCUT2D eigenvalue weighted by Gasteiger charge is -2.20. The van der Waals surface area contributed by atoms with Crippen molar-refractivity contribution >= 4 is 21.4 Å². The summed E-state index contributed by atoms with van der Waals surface area (Å²) < 4.78 is 26.2. The third-order valence-electron chi connectivity index (χ3n) is 2.99. The fourth-order valence-corrected chi connectivity index (χ4v) is 3.39. The lowest BCUT2D eigenvalue weighted by atomic mass is 10.3. The minimum atomic E-state index is -3.74. The molecule has 0 aliphatic rings. The van der Waals surface area contributed by atoms with Gasteiger partial charge < -0.3 is 10.4 Å². The normalized spacial score (nSPS) is 11.6. The Kier molecular flexibility index (Phi) is 6.06. The van der Waals surface area contributed by atoms with E-state index in [1.165, 1.54) is 29.6 Å². The molecule has 0 saturated heterocycles. The Labute approximate surface area is 123 Å². The Morgan fingerprint density at radius 1 is 1.43 bits per heavy atom. The first-order valence-corrected chi connectivity index (χ1v) is 7.89. The van der Waals surface area contributed by atoms with E-state index in [2.05, 4.69) is 5.32 Å². The van der Waals surface area contributed by atoms with E-state index in [1.807, 2.05) is 0 Å². The van der Waals surface area contributed by atoms with Crippen LogP contribution in [0.25, 0.3) is 0 Å². The molecule has 0 heterocycles. The highest BCUT2D eigenvalue weighted by Gasteiger charge is 2.25. The molecule has 0 fully saturated rings. The van der Waals surface area contributed by atoms with Crippen LogP contribution in [0.15, 0.2) is 23.1 Å². The van der Waals surface area contributed by atoms with Crippen molar-refractivity contribution in [3.05, 3.63) is 28.3 Å². The van der Waals surface area contributed by atoms with E-state index < -0.39 is 14.9 Å². The summed E-state index contributed by atoms with van der Waals surface area (Å²) in [7, 11) is -2.25. The maximum absolute atomic E-state index is 12.5. The molecule has 1 rings (SSSR count). The van der Waals surface area contributed by atoms with Gasteiger partial charge in [0.1, 0.15) is 5.69 Å². The van der Waals surface area contributed by atoms with Crippen molar-refractivity contribution in [3.63, 3.8) is 0 Å². The van der Waals surface area contributed by atoms with Crippen molar-refractivity contribution < 1.29 is 18.4 Å². The first-order chi connectivity index (χ1) is 9.88. The molecule has 0 saturated carbocycles. The Bertz CT molecular complexity index is 603. The summed E-state index contributed by atoms with van der Waals surface area (Å²) >= 11 is 0. The van der Waals surface area contributed by atoms with Gasteiger partial charge in [-0.15, -0.1) is 0 Å². The average Bonchev–Trinajstić information content (AvgIpc) is 2.46. The number of hydrogen-bond donors (Lipinski definition) is 2. The molecule has 0 radical (unpaired) electrons. The van der Waals surface area contributed by atoms with E-state index in [0.29, 0.717) is 6.42 Å². The molecular weight excluding hydrogens is 298 g/mol. The van der Waals surface area contributed by atoms with Gasteiger partial charge in [-0.1, -0.05) is 6.92 Å². The lowest BCUT2D eigenvalue weighted by Crippen LogP contribution is -2.32. The molecule has 0 aliphatic heterocycles. The summed E-state index contributed by atoms with van der Waals surface area (Å²) in [6.45, 7) is 2.04. The van der Waals surface area contributed by atoms with Crippen LogP contribution >= 0.6 is 0 Å². The van der Waals surface area contributed by atoms with Gasteiger partial charge in [-0.05, 0) is 18.6 Å². The van der Waals surface area contributed by atoms with Gasteiger partial charge in [0.25, 0.3) is 5.69 Å². The molecule has 9 heteroatoms. The largest absolute Gasteiger partial charge is 0.396 e. The summed E-state index contributed by atoms with van der Waals surface area (Å²) in [6, 6.07) is 3.63. The topological polar surface area (TPSA) is 113 Å². The smallest absolute Gasteiger partial charge is 0.292 e. The summed E-state index contributed by atoms with van der Waals surface area (Å²) in [6.07, 6.45) is 0.332. The number of hydrogen-bond acceptors (Lipinski definition) is 6. The molecule has 21 heavy (non-hydrogen) atoms. The minimum Gasteiger partial charge on any atom is -0.396 e. The van der Waals surface area contributed by atoms with E-state index in [0.717, 1.165) is 0 Å². The highest BCUT2D eigenvalue weighted by molar-refractivity contribution is 7.89. The van der Waals surface area contributed by atoms with E-state index in [-0.39, 0.29) is 36.0 Å². The van der Waals surface area contributed by atoms with Gasteiger partial charge in [-0.25, -0.2) is 8.42 Å². The van der Waals surface area contributed by atoms with Gasteiger partial charge in [0, 0.05) is 32.8 Å². The molecule has 118 valence electrons. The van der Waals surface area contributed by atoms with E-state index in [9.17, 15) is 18.5 Å². The fraction of sp³-hybridized carbons (Fsp3) is 0.500. The zero-order valence-electron chi connectivity index (χ0n) is 11.9. The Balaban J connectivity index is 3.22. The van der Waals surface area contributed by atoms with E-state index in [1.54, 1.807) is 6.92 Å². The minimum absolute atomic E-state index is 0.0164. The Hall–Kier alpha value is -1.71. The molecule has 0 aliphatic carbocycles. The molecule has 0 bridgehead atoms. The Morgan fingerprint density at radius 3 is 2.57 bits per heavy atom. The molecule has 8 nitrogen and oxygen atoms in total. The molecule has 1 aromatic carbocycles. The van der Waals surface area contributed by atoms with Crippen molar-refractivity contribution in [2.24, 2.45) is 0 Å². The average molecular weight is 317 g/mol. The number of nitrogens with zero attached hydrogens (tertiary/aromatic N) is 2. The standard InChI is InChI=1S/C12H19N3O5S/c1-3-14(7-4-8-16)21(19,20)10-5-6-12(15(17)18)11(9-10)13-2/h5-6,9,13,16H,3-4,7-8H2,1-2H3. The third-order valence-corrected chi connectivity index (χ3v) is 4.96. The van der Waals surface area contributed by atoms with Crippen LogP contribution in [0.2, 0.25) is 0 Å². The highest BCUT2D eigenvalue weighted by atomic mass is 32.2. The van der Waals surface area contributed by atoms with Crippen molar-refractivity contribution in [2.45, 2.75) is 18.2 Å². The van der Waals surface area contributed by atoms with Crippen LogP contribution in [-0.2, 0) is 10.0 Å². The first-order valence-electron chi connectivity index (χ1n) is 6.45. The fourth-order valence-electron chi connectivity index (χ4n) is 1.88. The van der Waals surface area contributed by atoms with Crippen LogP contribution in [0, 0.1) is 10.1 Å². The second-order valence-corrected chi connectivity index (χ2v) is 6.20. The number of aliphatic hydroxyl groups is 1. The van der Waals surface area contributed by atoms with Crippen LogP contribution in [0.5, 0.6) is 0 Å². The molecule has 1 aromatic rings. The first kappa shape index (κ1) is 17.3. The second kappa shape index (κ2) is 7.34. The zero-order valence-corrected chi connectivity index (χ0v) is 12.8. The van der Waals surface area contributed by atoms with Crippen LogP contribution in [-0.4, -0.2) is 49.5 Å². The molecule has 0 amide bonds. The van der Waals surface area contributed by atoms with Gasteiger partial charge in [0.2, 0.25) is 10.0 Å². The quantitative estimate of drug-likeness (QED) is 0.547. The van der Waals surface area contributed by atoms with Gasteiger partial charge in [0.05, 0.1) is 9.82 Å². The summed E-state index contributed by atoms with van der Waals surface area (Å²) in [5.41, 5.74) is -0.0471. The maximum atomic E-state index is 12.5. The molecule has 0 aromatic heterocycles. The van der Waals surface area contributed by atoms with Gasteiger partial charge in [-0.3, -0.25) is 10.1 Å². The number of anilines is 1. The van der Waals surface area contributed by atoms with E-state index in [4.69, 9.17) is 5.11 Å². The molecular formula is C12H19N3O5S. The van der Waals surface area contributed by atoms with Crippen molar-refractivity contribution in [1.82, 2.24) is 4.31 Å². The van der Waals surface area contributed by atoms with Crippen LogP contribution in [0.4, 0.5) is 11.4 Å². The molecule has 2 N–H and O–H groups in total. The van der Waals surface area contributed by atoms with Crippen molar-refractivity contribution in [1.29, 1.82) is 0 Å². The predicted octanol–water partition coefficient (Wildman–Crippen LogP) is 1.03. The van der Waals surface area contributed by atoms with Crippen LogP contribution in [0.1, 0.15) is 13.3 Å². The Morgan fingerprint density at radius 2 is 2.10 bits per heavy atom. The lowest BCUT2D eigenvalue weighted by molar-refractivity contribution is -0.384. The SMILES string of the molecule is CCN(CCCO)S(=O)(=O)c1ccc([N+](=O)[O-])c(NC)c1. The predicted molar refractivity (Wildman–Crippen MR) is 78.8 cm³/mol. The zero-order chi connectivity index (χ0) is 16.0. The maximum Gasteiger partial charge on any atom is 0.292 e. The number of aliphatic hydroxyl groups excluding tert-OH is 1. The summed E-state index contributed by atoms with van der Waals surface area (Å²) in [4.78, 5) is 10.3. The van der Waals surface area contributed by atoms with Gasteiger partial charge in [-0.2, -0.15) is 4.31 Å². The number of sulfonamides is 1. The van der Waals surface area contributed by atoms with Gasteiger partial charge >= 0.3 is 0 Å². The van der Waals surface area contributed by atoms with Crippen LogP contribution < -0.4 is 5.32 Å². The van der Waals surface area contributed by atoms with Crippen molar-refractivity contribution in [3.8, 4) is 0 Å².